The van der Waals surface area contributed by atoms with Crippen LogP contribution in [0.1, 0.15) is 28.9 Å². The average Bonchev–Trinajstić information content (AvgIpc) is 2.56. The van der Waals surface area contributed by atoms with Gasteiger partial charge in [0.15, 0.2) is 5.75 Å². The van der Waals surface area contributed by atoms with Gasteiger partial charge in [0.2, 0.25) is 6.41 Å². The Labute approximate surface area is 134 Å². The number of ether oxygens (including phenoxy) is 1. The third kappa shape index (κ3) is 3.60. The number of rotatable bonds is 6. The first-order valence-electron chi connectivity index (χ1n) is 7.04. The van der Waals surface area contributed by atoms with Gasteiger partial charge in [0.25, 0.3) is 5.91 Å². The summed E-state index contributed by atoms with van der Waals surface area (Å²) in [6, 6.07) is 11.6. The van der Waals surface area contributed by atoms with Gasteiger partial charge in [-0.05, 0) is 25.1 Å². The van der Waals surface area contributed by atoms with Gasteiger partial charge in [-0.1, -0.05) is 24.3 Å². The quantitative estimate of drug-likeness (QED) is 0.564. The van der Waals surface area contributed by atoms with Crippen LogP contribution in [-0.4, -0.2) is 24.5 Å². The van der Waals surface area contributed by atoms with Crippen LogP contribution in [0.15, 0.2) is 42.5 Å². The van der Waals surface area contributed by atoms with Crippen molar-refractivity contribution in [2.45, 2.75) is 13.0 Å². The van der Waals surface area contributed by atoms with E-state index in [4.69, 9.17) is 4.74 Å². The summed E-state index contributed by atoms with van der Waals surface area (Å²) >= 11 is 0. The van der Waals surface area contributed by atoms with E-state index >= 15 is 0 Å². The van der Waals surface area contributed by atoms with Crippen molar-refractivity contribution in [2.75, 3.05) is 12.4 Å². The van der Waals surface area contributed by atoms with Crippen LogP contribution in [0, 0.1) is 0 Å². The maximum Gasteiger partial charge on any atom is 0.255 e. The molecule has 2 aromatic carbocycles. The molecule has 0 aliphatic rings. The minimum absolute atomic E-state index is 0.0820. The number of carbonyl (C=O) groups excluding carboxylic acids is 2. The molecule has 0 aliphatic carbocycles. The van der Waals surface area contributed by atoms with E-state index in [1.165, 1.54) is 12.1 Å². The van der Waals surface area contributed by atoms with Gasteiger partial charge in [0, 0.05) is 5.56 Å². The third-order valence-corrected chi connectivity index (χ3v) is 3.45. The van der Waals surface area contributed by atoms with E-state index in [-0.39, 0.29) is 23.0 Å². The molecule has 2 rings (SSSR count). The Morgan fingerprint density at radius 1 is 1.22 bits per heavy atom. The molecule has 2 aromatic rings. The highest BCUT2D eigenvalue weighted by molar-refractivity contribution is 5.99. The van der Waals surface area contributed by atoms with E-state index in [2.05, 4.69) is 10.6 Å². The predicted octanol–water partition coefficient (Wildman–Crippen LogP) is 2.46. The smallest absolute Gasteiger partial charge is 0.255 e. The topological polar surface area (TPSA) is 87.7 Å². The van der Waals surface area contributed by atoms with Crippen LogP contribution in [0.5, 0.6) is 11.5 Å². The van der Waals surface area contributed by atoms with Crippen molar-refractivity contribution in [1.29, 1.82) is 0 Å². The molecule has 0 aromatic heterocycles. The van der Waals surface area contributed by atoms with Crippen LogP contribution < -0.4 is 15.4 Å². The summed E-state index contributed by atoms with van der Waals surface area (Å²) in [6.45, 7) is 1.82. The molecule has 1 unspecified atom stereocenters. The Kier molecular flexibility index (Phi) is 5.19. The Morgan fingerprint density at radius 3 is 2.65 bits per heavy atom. The maximum atomic E-state index is 12.4. The van der Waals surface area contributed by atoms with Crippen molar-refractivity contribution in [2.24, 2.45) is 0 Å². The SMILES string of the molecule is COc1ccccc1C(C)NC(=O)c1cccc(NC=O)c1O. The predicted molar refractivity (Wildman–Crippen MR) is 86.7 cm³/mol. The number of aromatic hydroxyl groups is 1. The summed E-state index contributed by atoms with van der Waals surface area (Å²) in [5, 5.41) is 15.2. The molecule has 0 saturated carbocycles. The molecule has 120 valence electrons. The van der Waals surface area contributed by atoms with Crippen molar-refractivity contribution in [1.82, 2.24) is 5.32 Å². The molecule has 0 saturated heterocycles. The maximum absolute atomic E-state index is 12.4. The van der Waals surface area contributed by atoms with Gasteiger partial charge in [0.1, 0.15) is 5.75 Å². The van der Waals surface area contributed by atoms with Crippen LogP contribution in [-0.2, 0) is 4.79 Å². The molecule has 0 aliphatic heterocycles. The van der Waals surface area contributed by atoms with E-state index in [0.717, 1.165) is 5.56 Å². The Hall–Kier alpha value is -3.02. The highest BCUT2D eigenvalue weighted by Crippen LogP contribution is 2.29. The average molecular weight is 314 g/mol. The second kappa shape index (κ2) is 7.31. The Bertz CT molecular complexity index is 715. The fourth-order valence-corrected chi connectivity index (χ4v) is 2.28. The molecular weight excluding hydrogens is 296 g/mol. The number of phenolic OH excluding ortho intramolecular Hbond substituents is 1. The van der Waals surface area contributed by atoms with E-state index in [0.29, 0.717) is 12.2 Å². The van der Waals surface area contributed by atoms with Gasteiger partial charge < -0.3 is 20.5 Å². The third-order valence-electron chi connectivity index (χ3n) is 3.45. The van der Waals surface area contributed by atoms with Crippen molar-refractivity contribution in [3.05, 3.63) is 53.6 Å². The minimum atomic E-state index is -0.449. The summed E-state index contributed by atoms with van der Waals surface area (Å²) < 4.78 is 5.28. The number of para-hydroxylation sites is 2. The number of carbonyl (C=O) groups is 2. The number of anilines is 1. The zero-order valence-electron chi connectivity index (χ0n) is 12.9. The van der Waals surface area contributed by atoms with Gasteiger partial charge in [0.05, 0.1) is 24.4 Å². The zero-order chi connectivity index (χ0) is 16.8. The molecule has 1 atom stereocenters. The Balaban J connectivity index is 2.22. The fraction of sp³-hybridized carbons (Fsp3) is 0.176. The lowest BCUT2D eigenvalue weighted by molar-refractivity contribution is -0.105. The number of nitrogens with one attached hydrogen (secondary N) is 2. The number of amides is 2. The van der Waals surface area contributed by atoms with Crippen LogP contribution in [0.2, 0.25) is 0 Å². The Morgan fingerprint density at radius 2 is 1.96 bits per heavy atom. The van der Waals surface area contributed by atoms with Crippen molar-refractivity contribution < 1.29 is 19.4 Å². The van der Waals surface area contributed by atoms with Gasteiger partial charge >= 0.3 is 0 Å². The first-order chi connectivity index (χ1) is 11.1. The molecule has 2 amide bonds. The number of methoxy groups -OCH3 is 1. The summed E-state index contributed by atoms with van der Waals surface area (Å²) in [4.78, 5) is 22.9. The van der Waals surface area contributed by atoms with E-state index < -0.39 is 5.91 Å². The standard InChI is InChI=1S/C17H18N2O4/c1-11(12-6-3-4-9-15(12)23-2)19-17(22)13-7-5-8-14(16(13)21)18-10-20/h3-11,21H,1-2H3,(H,18,20)(H,19,22). The highest BCUT2D eigenvalue weighted by Gasteiger charge is 2.18. The normalized spacial score (nSPS) is 11.4. The summed E-state index contributed by atoms with van der Waals surface area (Å²) in [5.41, 5.74) is 1.08. The highest BCUT2D eigenvalue weighted by atomic mass is 16.5. The van der Waals surface area contributed by atoms with Gasteiger partial charge in [-0.3, -0.25) is 9.59 Å². The monoisotopic (exact) mass is 314 g/mol. The van der Waals surface area contributed by atoms with Crippen LogP contribution >= 0.6 is 0 Å². The largest absolute Gasteiger partial charge is 0.505 e. The number of benzene rings is 2. The zero-order valence-corrected chi connectivity index (χ0v) is 12.9. The summed E-state index contributed by atoms with van der Waals surface area (Å²) in [5.74, 6) is -0.0549. The lowest BCUT2D eigenvalue weighted by Crippen LogP contribution is -2.27. The van der Waals surface area contributed by atoms with Crippen LogP contribution in [0.25, 0.3) is 0 Å². The number of phenols is 1. The molecule has 6 nitrogen and oxygen atoms in total. The lowest BCUT2D eigenvalue weighted by atomic mass is 10.1. The summed E-state index contributed by atoms with van der Waals surface area (Å²) in [6.07, 6.45) is 0.439. The second-order valence-electron chi connectivity index (χ2n) is 4.90. The molecule has 0 spiro atoms. The summed E-state index contributed by atoms with van der Waals surface area (Å²) in [7, 11) is 1.56. The molecule has 0 bridgehead atoms. The fourth-order valence-electron chi connectivity index (χ4n) is 2.28. The molecule has 0 radical (unpaired) electrons. The van der Waals surface area contributed by atoms with Gasteiger partial charge in [-0.15, -0.1) is 0 Å². The van der Waals surface area contributed by atoms with Crippen LogP contribution in [0.3, 0.4) is 0 Å². The van der Waals surface area contributed by atoms with E-state index in [1.807, 2.05) is 31.2 Å². The number of hydrogen-bond donors (Lipinski definition) is 3. The first kappa shape index (κ1) is 16.4. The minimum Gasteiger partial charge on any atom is -0.505 e. The molecule has 6 heteroatoms. The first-order valence-corrected chi connectivity index (χ1v) is 7.04. The van der Waals surface area contributed by atoms with Crippen LogP contribution in [0.4, 0.5) is 5.69 Å². The van der Waals surface area contributed by atoms with Gasteiger partial charge in [-0.2, -0.15) is 0 Å². The number of hydrogen-bond acceptors (Lipinski definition) is 4. The van der Waals surface area contributed by atoms with E-state index in [9.17, 15) is 14.7 Å². The second-order valence-corrected chi connectivity index (χ2v) is 4.90. The van der Waals surface area contributed by atoms with E-state index in [1.54, 1.807) is 13.2 Å². The molecule has 0 heterocycles. The van der Waals surface area contributed by atoms with Crippen molar-refractivity contribution >= 4 is 18.0 Å². The van der Waals surface area contributed by atoms with Gasteiger partial charge in [-0.25, -0.2) is 0 Å². The molecular formula is C17H18N2O4. The molecule has 3 N–H and O–H groups in total. The molecule has 23 heavy (non-hydrogen) atoms. The van der Waals surface area contributed by atoms with Crippen molar-refractivity contribution in [3.63, 3.8) is 0 Å². The molecule has 0 fully saturated rings. The van der Waals surface area contributed by atoms with Crippen molar-refractivity contribution in [3.8, 4) is 11.5 Å². The lowest BCUT2D eigenvalue weighted by Gasteiger charge is -2.18.